The lowest BCUT2D eigenvalue weighted by atomic mass is 10.0. The standard InChI is InChI=1S/C25H31F4N7O4/c1-34-12-14(25(27,28)29)9-19(23(34)37)33-24(38)35(2)20-3-6-36(13-18(20)26)15-10-17(21(30)32-11-15)22(31)40-16-4-7-39-8-5-16/h9-12,16,18,20,31H,3-8,13H2,1-2H3,(H2,30,32)(H,33,38)/p+1/t18-,20-/m0/s1. The summed E-state index contributed by atoms with van der Waals surface area (Å²) < 4.78 is 66.8. The molecule has 4 heterocycles. The number of ether oxygens (including phenoxy) is 2. The average Bonchev–Trinajstić information content (AvgIpc) is 2.90. The minimum Gasteiger partial charge on any atom is -0.441 e. The molecule has 218 valence electrons. The maximum Gasteiger partial charge on any atom is 0.417 e. The van der Waals surface area contributed by atoms with Crippen LogP contribution in [-0.4, -0.2) is 78.0 Å². The normalized spacial score (nSPS) is 20.2. The van der Waals surface area contributed by atoms with Crippen LogP contribution in [0.15, 0.2) is 29.3 Å². The third-order valence-corrected chi connectivity index (χ3v) is 7.07. The zero-order chi connectivity index (χ0) is 29.2. The fraction of sp³-hybridized carbons (Fsp3) is 0.520. The molecule has 2 atom stereocenters. The van der Waals surface area contributed by atoms with E-state index in [1.165, 1.54) is 13.2 Å². The second-order valence-electron chi connectivity index (χ2n) is 9.84. The number of amides is 2. The van der Waals surface area contributed by atoms with Gasteiger partial charge >= 0.3 is 18.1 Å². The number of nitrogens with zero attached hydrogens (tertiary/aromatic N) is 4. The van der Waals surface area contributed by atoms with Crippen LogP contribution in [0.2, 0.25) is 0 Å². The largest absolute Gasteiger partial charge is 0.441 e. The molecule has 2 aliphatic heterocycles. The van der Waals surface area contributed by atoms with E-state index in [9.17, 15) is 22.8 Å². The molecule has 2 aromatic heterocycles. The van der Waals surface area contributed by atoms with Crippen molar-refractivity contribution >= 4 is 29.1 Å². The van der Waals surface area contributed by atoms with E-state index in [0.717, 1.165) is 16.5 Å². The van der Waals surface area contributed by atoms with Gasteiger partial charge in [-0.05, 0) is 18.6 Å². The maximum atomic E-state index is 15.4. The summed E-state index contributed by atoms with van der Waals surface area (Å²) in [6, 6.07) is 0.440. The van der Waals surface area contributed by atoms with Gasteiger partial charge in [-0.25, -0.2) is 19.6 Å². The number of nitrogens with two attached hydrogens (primary N) is 2. The van der Waals surface area contributed by atoms with Crippen molar-refractivity contribution in [2.24, 2.45) is 7.05 Å². The highest BCUT2D eigenvalue weighted by Crippen LogP contribution is 2.30. The van der Waals surface area contributed by atoms with Gasteiger partial charge in [-0.15, -0.1) is 0 Å². The Balaban J connectivity index is 1.41. The van der Waals surface area contributed by atoms with Gasteiger partial charge in [0.05, 0.1) is 43.2 Å². The van der Waals surface area contributed by atoms with Crippen LogP contribution in [0.4, 0.5) is 39.5 Å². The Bertz CT molecular complexity index is 1310. The number of halogens is 4. The molecule has 2 aromatic rings. The van der Waals surface area contributed by atoms with Gasteiger partial charge in [0.15, 0.2) is 0 Å². The van der Waals surface area contributed by atoms with E-state index in [1.54, 1.807) is 11.0 Å². The number of anilines is 3. The second-order valence-corrected chi connectivity index (χ2v) is 9.84. The fourth-order valence-electron chi connectivity index (χ4n) is 4.75. The van der Waals surface area contributed by atoms with Crippen LogP contribution >= 0.6 is 0 Å². The molecule has 0 aromatic carbocycles. The summed E-state index contributed by atoms with van der Waals surface area (Å²) in [6.45, 7) is 1.38. The average molecular weight is 571 g/mol. The number of aryl methyl sites for hydroxylation is 1. The van der Waals surface area contributed by atoms with Gasteiger partial charge in [-0.1, -0.05) is 0 Å². The molecule has 15 heteroatoms. The van der Waals surface area contributed by atoms with E-state index >= 15 is 4.39 Å². The molecule has 4 rings (SSSR count). The smallest absolute Gasteiger partial charge is 0.417 e. The first-order valence-electron chi connectivity index (χ1n) is 12.7. The van der Waals surface area contributed by atoms with E-state index in [1.807, 2.05) is 0 Å². The Hall–Kier alpha value is -3.88. The third-order valence-electron chi connectivity index (χ3n) is 7.07. The van der Waals surface area contributed by atoms with Gasteiger partial charge in [0.2, 0.25) is 0 Å². The highest BCUT2D eigenvalue weighted by atomic mass is 19.4. The number of carbonyl (C=O) groups is 1. The summed E-state index contributed by atoms with van der Waals surface area (Å²) in [5.74, 6) is 0.278. The Labute approximate surface area is 227 Å². The van der Waals surface area contributed by atoms with Crippen molar-refractivity contribution in [3.8, 4) is 0 Å². The fourth-order valence-corrected chi connectivity index (χ4v) is 4.75. The third kappa shape index (κ3) is 6.46. The zero-order valence-corrected chi connectivity index (χ0v) is 22.1. The molecule has 2 saturated heterocycles. The predicted octanol–water partition coefficient (Wildman–Crippen LogP) is 1.16. The van der Waals surface area contributed by atoms with Gasteiger partial charge < -0.3 is 34.9 Å². The van der Waals surface area contributed by atoms with Crippen LogP contribution in [0.1, 0.15) is 30.4 Å². The summed E-state index contributed by atoms with van der Waals surface area (Å²) in [4.78, 5) is 32.1. The van der Waals surface area contributed by atoms with Crippen LogP contribution in [-0.2, 0) is 22.7 Å². The van der Waals surface area contributed by atoms with Gasteiger partial charge in [0.1, 0.15) is 29.3 Å². The van der Waals surface area contributed by atoms with Crippen molar-refractivity contribution in [1.29, 1.82) is 0 Å². The predicted molar refractivity (Wildman–Crippen MR) is 139 cm³/mol. The van der Waals surface area contributed by atoms with E-state index in [-0.39, 0.29) is 30.8 Å². The number of nitrogen functional groups attached to an aromatic ring is 1. The van der Waals surface area contributed by atoms with Crippen LogP contribution in [0, 0.1) is 0 Å². The molecule has 5 N–H and O–H groups in total. The molecule has 0 spiro atoms. The molecule has 40 heavy (non-hydrogen) atoms. The summed E-state index contributed by atoms with van der Waals surface area (Å²) >= 11 is 0. The first kappa shape index (κ1) is 29.1. The van der Waals surface area contributed by atoms with E-state index in [4.69, 9.17) is 20.6 Å². The maximum absolute atomic E-state index is 15.4. The number of piperidine rings is 1. The minimum absolute atomic E-state index is 0.0978. The van der Waals surface area contributed by atoms with Crippen LogP contribution in [0.3, 0.4) is 0 Å². The van der Waals surface area contributed by atoms with Crippen molar-refractivity contribution in [3.63, 3.8) is 0 Å². The molecular formula is C25H32F4N7O4+. The van der Waals surface area contributed by atoms with Crippen LogP contribution in [0.25, 0.3) is 0 Å². The zero-order valence-electron chi connectivity index (χ0n) is 22.1. The number of pyridine rings is 2. The molecule has 0 bridgehead atoms. The van der Waals surface area contributed by atoms with Gasteiger partial charge in [-0.3, -0.25) is 4.79 Å². The minimum atomic E-state index is -4.72. The molecule has 2 fully saturated rings. The van der Waals surface area contributed by atoms with Crippen molar-refractivity contribution in [1.82, 2.24) is 14.5 Å². The SMILES string of the molecule is CN(C(=O)Nc1cc(C(F)(F)F)cn(C)c1=O)[C@H]1CCN(c2cnc(N)c(C(=[NH2+])OC3CCOCC3)c2)C[C@@H]1F. The quantitative estimate of drug-likeness (QED) is 0.279. The van der Waals surface area contributed by atoms with Crippen molar-refractivity contribution in [2.45, 2.75) is 43.8 Å². The monoisotopic (exact) mass is 570 g/mol. The molecule has 11 nitrogen and oxygen atoms in total. The highest BCUT2D eigenvalue weighted by Gasteiger charge is 2.36. The molecule has 0 aliphatic carbocycles. The number of hydrogen-bond acceptors (Lipinski definition) is 7. The summed E-state index contributed by atoms with van der Waals surface area (Å²) in [5.41, 5.74) is 4.48. The van der Waals surface area contributed by atoms with Crippen molar-refractivity contribution < 1.29 is 37.2 Å². The molecule has 0 unspecified atom stereocenters. The van der Waals surface area contributed by atoms with Crippen molar-refractivity contribution in [2.75, 3.05) is 49.3 Å². The number of carbonyl (C=O) groups excluding carboxylic acids is 1. The Kier molecular flexibility index (Phi) is 8.51. The Morgan fingerprint density at radius 1 is 1.27 bits per heavy atom. The Morgan fingerprint density at radius 2 is 1.98 bits per heavy atom. The van der Waals surface area contributed by atoms with E-state index in [0.29, 0.717) is 56.1 Å². The molecule has 0 saturated carbocycles. The number of urea groups is 1. The van der Waals surface area contributed by atoms with Gasteiger partial charge in [0, 0.05) is 39.7 Å². The lowest BCUT2D eigenvalue weighted by molar-refractivity contribution is -0.147. The van der Waals surface area contributed by atoms with E-state index in [2.05, 4.69) is 10.3 Å². The number of hydrogen-bond donors (Lipinski definition) is 3. The topological polar surface area (TPSA) is 141 Å². The second kappa shape index (κ2) is 11.7. The number of aromatic nitrogens is 2. The number of alkyl halides is 4. The molecule has 2 aliphatic rings. The number of nitrogens with one attached hydrogen (secondary N) is 1. The Morgan fingerprint density at radius 3 is 2.62 bits per heavy atom. The summed E-state index contributed by atoms with van der Waals surface area (Å²) in [6.07, 6.45) is -2.65. The highest BCUT2D eigenvalue weighted by molar-refractivity contribution is 5.95. The molecule has 2 amide bonds. The molecule has 0 radical (unpaired) electrons. The van der Waals surface area contributed by atoms with Crippen LogP contribution < -0.4 is 26.9 Å². The first-order chi connectivity index (χ1) is 18.8. The van der Waals surface area contributed by atoms with Gasteiger partial charge in [0.25, 0.3) is 5.56 Å². The van der Waals surface area contributed by atoms with Crippen LogP contribution in [0.5, 0.6) is 0 Å². The molecular weight excluding hydrogens is 538 g/mol. The van der Waals surface area contributed by atoms with Crippen molar-refractivity contribution in [3.05, 3.63) is 46.0 Å². The summed E-state index contributed by atoms with van der Waals surface area (Å²) in [7, 11) is 2.47. The lowest BCUT2D eigenvalue weighted by Crippen LogP contribution is -2.54. The van der Waals surface area contributed by atoms with E-state index < -0.39 is 41.2 Å². The van der Waals surface area contributed by atoms with Gasteiger partial charge in [-0.2, -0.15) is 13.2 Å². The number of rotatable bonds is 5. The first-order valence-corrected chi connectivity index (χ1v) is 12.7. The summed E-state index contributed by atoms with van der Waals surface area (Å²) in [5, 5.41) is 8.36. The lowest BCUT2D eigenvalue weighted by Gasteiger charge is -2.40.